The van der Waals surface area contributed by atoms with Gasteiger partial charge >= 0.3 is 11.7 Å². The molecule has 1 heterocycles. The van der Waals surface area contributed by atoms with Gasteiger partial charge in [0.25, 0.3) is 0 Å². The number of nitrogens with one attached hydrogen (secondary N) is 2. The van der Waals surface area contributed by atoms with Crippen LogP contribution in [0.25, 0.3) is 0 Å². The molecule has 0 aliphatic rings. The number of hydrogen-bond donors (Lipinski definition) is 3. The zero-order valence-electron chi connectivity index (χ0n) is 10.5. The maximum Gasteiger partial charge on any atom is 0.343 e. The maximum atomic E-state index is 11.4. The van der Waals surface area contributed by atoms with Crippen molar-refractivity contribution in [1.82, 2.24) is 20.1 Å². The lowest BCUT2D eigenvalue weighted by Crippen LogP contribution is -2.38. The highest BCUT2D eigenvalue weighted by atomic mass is 32.2. The number of carbonyl (C=O) groups is 1. The molecule has 1 unspecified atom stereocenters. The average molecular weight is 274 g/mol. The van der Waals surface area contributed by atoms with Crippen molar-refractivity contribution in [3.63, 3.8) is 0 Å². The standard InChI is InChI=1S/C10H18N4O3S/c1-3-5-14-9(17)12-13-10(14)18-6-7(8(15)16)11-4-2/h7,11H,3-6H2,1-2H3,(H,12,17)(H,15,16). The number of thioether (sulfide) groups is 1. The normalized spacial score (nSPS) is 12.6. The van der Waals surface area contributed by atoms with Crippen LogP contribution in [0.4, 0.5) is 0 Å². The predicted molar refractivity (Wildman–Crippen MR) is 69.0 cm³/mol. The fourth-order valence-electron chi connectivity index (χ4n) is 1.46. The zero-order chi connectivity index (χ0) is 13.5. The molecule has 102 valence electrons. The van der Waals surface area contributed by atoms with Crippen LogP contribution in [0.2, 0.25) is 0 Å². The summed E-state index contributed by atoms with van der Waals surface area (Å²) in [5.74, 6) is -0.568. The van der Waals surface area contributed by atoms with E-state index in [1.54, 1.807) is 0 Å². The number of aliphatic carboxylic acids is 1. The Morgan fingerprint density at radius 1 is 1.61 bits per heavy atom. The largest absolute Gasteiger partial charge is 0.480 e. The number of hydrogen-bond acceptors (Lipinski definition) is 5. The lowest BCUT2D eigenvalue weighted by atomic mass is 10.3. The Morgan fingerprint density at radius 2 is 2.33 bits per heavy atom. The van der Waals surface area contributed by atoms with Crippen molar-refractivity contribution >= 4 is 17.7 Å². The Labute approximate surface area is 109 Å². The fraction of sp³-hybridized carbons (Fsp3) is 0.700. The molecule has 0 saturated heterocycles. The van der Waals surface area contributed by atoms with Crippen LogP contribution in [-0.2, 0) is 11.3 Å². The predicted octanol–water partition coefficient (Wildman–Crippen LogP) is 0.136. The van der Waals surface area contributed by atoms with E-state index in [-0.39, 0.29) is 5.69 Å². The Balaban J connectivity index is 2.67. The average Bonchev–Trinajstić information content (AvgIpc) is 2.67. The molecule has 0 amide bonds. The molecule has 0 aliphatic heterocycles. The van der Waals surface area contributed by atoms with E-state index in [4.69, 9.17) is 5.11 Å². The molecule has 0 aromatic carbocycles. The van der Waals surface area contributed by atoms with Crippen LogP contribution >= 0.6 is 11.8 Å². The quantitative estimate of drug-likeness (QED) is 0.583. The van der Waals surface area contributed by atoms with Gasteiger partial charge in [-0.1, -0.05) is 25.6 Å². The molecule has 3 N–H and O–H groups in total. The van der Waals surface area contributed by atoms with E-state index in [1.165, 1.54) is 16.3 Å². The molecule has 0 fully saturated rings. The molecule has 1 aromatic rings. The minimum absolute atomic E-state index is 0.255. The Bertz CT molecular complexity index is 443. The van der Waals surface area contributed by atoms with Gasteiger partial charge in [0, 0.05) is 12.3 Å². The van der Waals surface area contributed by atoms with Crippen LogP contribution in [0.3, 0.4) is 0 Å². The first-order valence-corrected chi connectivity index (χ1v) is 6.82. The van der Waals surface area contributed by atoms with Crippen molar-refractivity contribution in [3.8, 4) is 0 Å². The molecule has 0 aliphatic carbocycles. The Morgan fingerprint density at radius 3 is 2.89 bits per heavy atom. The molecule has 0 radical (unpaired) electrons. The number of nitrogens with zero attached hydrogens (tertiary/aromatic N) is 2. The highest BCUT2D eigenvalue weighted by Gasteiger charge is 2.18. The van der Waals surface area contributed by atoms with Crippen molar-refractivity contribution < 1.29 is 9.90 Å². The molecule has 0 saturated carbocycles. The molecular weight excluding hydrogens is 256 g/mol. The summed E-state index contributed by atoms with van der Waals surface area (Å²) in [7, 11) is 0. The zero-order valence-corrected chi connectivity index (χ0v) is 11.3. The minimum Gasteiger partial charge on any atom is -0.480 e. The van der Waals surface area contributed by atoms with Crippen LogP contribution < -0.4 is 11.0 Å². The minimum atomic E-state index is -0.899. The van der Waals surface area contributed by atoms with E-state index in [2.05, 4.69) is 15.5 Å². The summed E-state index contributed by atoms with van der Waals surface area (Å²) >= 11 is 1.26. The molecule has 1 aromatic heterocycles. The van der Waals surface area contributed by atoms with Gasteiger partial charge < -0.3 is 10.4 Å². The van der Waals surface area contributed by atoms with E-state index >= 15 is 0 Å². The summed E-state index contributed by atoms with van der Waals surface area (Å²) in [5.41, 5.74) is -0.255. The van der Waals surface area contributed by atoms with E-state index in [1.807, 2.05) is 13.8 Å². The van der Waals surface area contributed by atoms with Crippen molar-refractivity contribution in [1.29, 1.82) is 0 Å². The van der Waals surface area contributed by atoms with Crippen molar-refractivity contribution in [2.75, 3.05) is 12.3 Å². The number of aromatic amines is 1. The van der Waals surface area contributed by atoms with Crippen LogP contribution in [0, 0.1) is 0 Å². The van der Waals surface area contributed by atoms with E-state index < -0.39 is 12.0 Å². The second-order valence-electron chi connectivity index (χ2n) is 3.72. The van der Waals surface area contributed by atoms with Gasteiger partial charge in [-0.3, -0.25) is 9.36 Å². The van der Waals surface area contributed by atoms with Crippen molar-refractivity contribution in [2.24, 2.45) is 0 Å². The summed E-state index contributed by atoms with van der Waals surface area (Å²) in [6, 6.07) is -0.637. The van der Waals surface area contributed by atoms with Crippen molar-refractivity contribution in [3.05, 3.63) is 10.5 Å². The topological polar surface area (TPSA) is 100 Å². The Hall–Kier alpha value is -1.28. The summed E-state index contributed by atoms with van der Waals surface area (Å²) < 4.78 is 1.52. The van der Waals surface area contributed by atoms with E-state index in [9.17, 15) is 9.59 Å². The molecular formula is C10H18N4O3S. The van der Waals surface area contributed by atoms with Gasteiger partial charge in [0.05, 0.1) is 0 Å². The molecule has 1 rings (SSSR count). The number of likely N-dealkylation sites (N-methyl/N-ethyl adjacent to an activating group) is 1. The van der Waals surface area contributed by atoms with Crippen LogP contribution in [-0.4, -0.2) is 44.2 Å². The van der Waals surface area contributed by atoms with E-state index in [0.29, 0.717) is 24.0 Å². The smallest absolute Gasteiger partial charge is 0.343 e. The molecule has 1 atom stereocenters. The molecule has 7 nitrogen and oxygen atoms in total. The molecule has 0 bridgehead atoms. The van der Waals surface area contributed by atoms with Gasteiger partial charge in [-0.25, -0.2) is 9.89 Å². The summed E-state index contributed by atoms with van der Waals surface area (Å²) in [4.78, 5) is 22.4. The van der Waals surface area contributed by atoms with Crippen LogP contribution in [0.15, 0.2) is 9.95 Å². The summed E-state index contributed by atoms with van der Waals surface area (Å²) in [5, 5.41) is 18.7. The number of carboxylic acids is 1. The van der Waals surface area contributed by atoms with Gasteiger partial charge in [-0.2, -0.15) is 0 Å². The van der Waals surface area contributed by atoms with Gasteiger partial charge in [-0.05, 0) is 13.0 Å². The van der Waals surface area contributed by atoms with Gasteiger partial charge in [0.1, 0.15) is 6.04 Å². The van der Waals surface area contributed by atoms with Gasteiger partial charge in [0.2, 0.25) is 0 Å². The second kappa shape index (κ2) is 7.22. The highest BCUT2D eigenvalue weighted by Crippen LogP contribution is 2.14. The third-order valence-corrected chi connectivity index (χ3v) is 3.37. The maximum absolute atomic E-state index is 11.4. The third-order valence-electron chi connectivity index (χ3n) is 2.30. The lowest BCUT2D eigenvalue weighted by molar-refractivity contribution is -0.138. The van der Waals surface area contributed by atoms with E-state index in [0.717, 1.165) is 6.42 Å². The summed E-state index contributed by atoms with van der Waals surface area (Å²) in [6.45, 7) is 4.98. The number of H-pyrrole nitrogens is 1. The lowest BCUT2D eigenvalue weighted by Gasteiger charge is -2.12. The van der Waals surface area contributed by atoms with Crippen LogP contribution in [0.1, 0.15) is 20.3 Å². The number of carboxylic acid groups (broad SMARTS) is 1. The monoisotopic (exact) mass is 274 g/mol. The SMILES string of the molecule is CCCn1c(SCC(NCC)C(=O)O)n[nH]c1=O. The van der Waals surface area contributed by atoms with Gasteiger partial charge in [-0.15, -0.1) is 5.10 Å². The third kappa shape index (κ3) is 3.88. The summed E-state index contributed by atoms with van der Waals surface area (Å²) in [6.07, 6.45) is 0.822. The first-order chi connectivity index (χ1) is 8.60. The first-order valence-electron chi connectivity index (χ1n) is 5.84. The van der Waals surface area contributed by atoms with Crippen LogP contribution in [0.5, 0.6) is 0 Å². The van der Waals surface area contributed by atoms with Crippen molar-refractivity contribution in [2.45, 2.75) is 38.0 Å². The number of rotatable bonds is 8. The molecule has 0 spiro atoms. The fourth-order valence-corrected chi connectivity index (χ4v) is 2.47. The highest BCUT2D eigenvalue weighted by molar-refractivity contribution is 7.99. The molecule has 18 heavy (non-hydrogen) atoms. The second-order valence-corrected chi connectivity index (χ2v) is 4.71. The Kier molecular flexibility index (Phi) is 5.93. The number of aromatic nitrogens is 3. The molecule has 8 heteroatoms. The van der Waals surface area contributed by atoms with Gasteiger partial charge in [0.15, 0.2) is 5.16 Å². The first kappa shape index (κ1) is 14.8.